The van der Waals surface area contributed by atoms with Crippen molar-refractivity contribution in [3.05, 3.63) is 35.6 Å². The van der Waals surface area contributed by atoms with E-state index in [1.165, 1.54) is 12.1 Å². The molecule has 28 heavy (non-hydrogen) atoms. The molecule has 4 nitrogen and oxygen atoms in total. The van der Waals surface area contributed by atoms with E-state index in [0.29, 0.717) is 19.3 Å². The summed E-state index contributed by atoms with van der Waals surface area (Å²) in [6.45, 7) is 4.68. The zero-order valence-electron chi connectivity index (χ0n) is 16.3. The fourth-order valence-corrected chi connectivity index (χ4v) is 3.05. The van der Waals surface area contributed by atoms with E-state index in [-0.39, 0.29) is 29.3 Å². The van der Waals surface area contributed by atoms with Crippen LogP contribution in [0.5, 0.6) is 0 Å². The van der Waals surface area contributed by atoms with E-state index in [0.717, 1.165) is 5.56 Å². The number of carbonyl (C=O) groups excluding carboxylic acids is 1. The van der Waals surface area contributed by atoms with E-state index in [2.05, 4.69) is 16.0 Å². The average Bonchev–Trinajstić information content (AvgIpc) is 2.56. The highest BCUT2D eigenvalue weighted by atomic mass is 32.1. The lowest BCUT2D eigenvalue weighted by atomic mass is 9.94. The van der Waals surface area contributed by atoms with Gasteiger partial charge in [-0.15, -0.1) is 0 Å². The van der Waals surface area contributed by atoms with Crippen molar-refractivity contribution in [2.75, 3.05) is 13.1 Å². The molecule has 3 N–H and O–H groups in total. The molecule has 0 aliphatic carbocycles. The van der Waals surface area contributed by atoms with Gasteiger partial charge in [-0.2, -0.15) is 13.2 Å². The maximum Gasteiger partial charge on any atom is 0.401 e. The van der Waals surface area contributed by atoms with Gasteiger partial charge < -0.3 is 16.0 Å². The van der Waals surface area contributed by atoms with Crippen molar-refractivity contribution in [1.82, 2.24) is 16.0 Å². The molecule has 0 aliphatic rings. The van der Waals surface area contributed by atoms with Crippen LogP contribution in [0.2, 0.25) is 0 Å². The molecule has 0 saturated carbocycles. The number of nitrogens with one attached hydrogen (secondary N) is 3. The number of rotatable bonds is 9. The summed E-state index contributed by atoms with van der Waals surface area (Å²) in [5, 5.41) is 8.14. The lowest BCUT2D eigenvalue weighted by Gasteiger charge is -2.29. The van der Waals surface area contributed by atoms with Crippen molar-refractivity contribution < 1.29 is 22.4 Å². The Kier molecular flexibility index (Phi) is 9.29. The third-order valence-corrected chi connectivity index (χ3v) is 4.53. The molecule has 0 bridgehead atoms. The molecule has 0 fully saturated rings. The Labute approximate surface area is 168 Å². The molecule has 1 amide bonds. The lowest BCUT2D eigenvalue weighted by Crippen LogP contribution is -2.49. The van der Waals surface area contributed by atoms with Gasteiger partial charge in [0.25, 0.3) is 0 Å². The summed E-state index contributed by atoms with van der Waals surface area (Å²) in [6, 6.07) is 5.96. The first kappa shape index (κ1) is 24.3. The van der Waals surface area contributed by atoms with Crippen molar-refractivity contribution in [2.45, 2.75) is 51.7 Å². The van der Waals surface area contributed by atoms with Crippen LogP contribution >= 0.6 is 12.2 Å². The topological polar surface area (TPSA) is 53.2 Å². The van der Waals surface area contributed by atoms with Crippen molar-refractivity contribution in [3.8, 4) is 0 Å². The summed E-state index contributed by atoms with van der Waals surface area (Å²) >= 11 is 5.21. The quantitative estimate of drug-likeness (QED) is 0.320. The SMILES string of the molecule is CCC(CCCNCC(F)(F)F)C(=O)NC(=S)NC(C)(C)c1ccc(F)cc1. The van der Waals surface area contributed by atoms with Gasteiger partial charge in [-0.1, -0.05) is 19.1 Å². The van der Waals surface area contributed by atoms with Gasteiger partial charge in [-0.3, -0.25) is 4.79 Å². The standard InChI is InChI=1S/C19H27F4N3OS/c1-4-13(6-5-11-24-12-19(21,22)23)16(27)25-17(28)26-18(2,3)14-7-9-15(20)10-8-14/h7-10,13,24H,4-6,11-12H2,1-3H3,(H2,25,26,27,28). The van der Waals surface area contributed by atoms with Gasteiger partial charge in [0.1, 0.15) is 5.82 Å². The Morgan fingerprint density at radius 3 is 2.32 bits per heavy atom. The molecule has 1 aromatic carbocycles. The number of amides is 1. The maximum atomic E-state index is 13.1. The highest BCUT2D eigenvalue weighted by Crippen LogP contribution is 2.20. The number of hydrogen-bond acceptors (Lipinski definition) is 3. The largest absolute Gasteiger partial charge is 0.401 e. The van der Waals surface area contributed by atoms with Gasteiger partial charge in [0.2, 0.25) is 5.91 Å². The van der Waals surface area contributed by atoms with Crippen LogP contribution in [0.3, 0.4) is 0 Å². The van der Waals surface area contributed by atoms with E-state index in [9.17, 15) is 22.4 Å². The Morgan fingerprint density at radius 1 is 1.18 bits per heavy atom. The van der Waals surface area contributed by atoms with Crippen LogP contribution in [0.25, 0.3) is 0 Å². The zero-order chi connectivity index (χ0) is 21.4. The summed E-state index contributed by atoms with van der Waals surface area (Å²) in [5.41, 5.74) is 0.176. The van der Waals surface area contributed by atoms with Crippen LogP contribution in [0.15, 0.2) is 24.3 Å². The number of alkyl halides is 3. The Morgan fingerprint density at radius 2 is 1.79 bits per heavy atom. The fraction of sp³-hybridized carbons (Fsp3) is 0.579. The van der Waals surface area contributed by atoms with Crippen molar-refractivity contribution in [1.29, 1.82) is 0 Å². The Bertz CT molecular complexity index is 648. The van der Waals surface area contributed by atoms with Crippen LogP contribution in [0, 0.1) is 11.7 Å². The molecule has 1 rings (SSSR count). The number of benzene rings is 1. The highest BCUT2D eigenvalue weighted by Gasteiger charge is 2.26. The van der Waals surface area contributed by atoms with Crippen molar-refractivity contribution in [2.24, 2.45) is 5.92 Å². The first-order chi connectivity index (χ1) is 12.9. The number of hydrogen-bond donors (Lipinski definition) is 3. The average molecular weight is 422 g/mol. The molecule has 1 unspecified atom stereocenters. The van der Waals surface area contributed by atoms with Crippen LogP contribution in [0.4, 0.5) is 17.6 Å². The third kappa shape index (κ3) is 8.97. The van der Waals surface area contributed by atoms with Gasteiger partial charge in [0.15, 0.2) is 5.11 Å². The van der Waals surface area contributed by atoms with Crippen LogP contribution in [0.1, 0.15) is 45.6 Å². The molecule has 0 spiro atoms. The third-order valence-electron chi connectivity index (χ3n) is 4.32. The van der Waals surface area contributed by atoms with E-state index in [1.807, 2.05) is 20.8 Å². The molecule has 0 saturated heterocycles. The summed E-state index contributed by atoms with van der Waals surface area (Å²) in [6.07, 6.45) is -2.79. The van der Waals surface area contributed by atoms with E-state index < -0.39 is 18.3 Å². The first-order valence-electron chi connectivity index (χ1n) is 9.11. The molecule has 0 aromatic heterocycles. The van der Waals surface area contributed by atoms with E-state index in [4.69, 9.17) is 12.2 Å². The van der Waals surface area contributed by atoms with Crippen molar-refractivity contribution in [3.63, 3.8) is 0 Å². The second-order valence-electron chi connectivity index (χ2n) is 7.11. The monoisotopic (exact) mass is 421 g/mol. The molecule has 1 atom stereocenters. The van der Waals surface area contributed by atoms with Gasteiger partial charge in [0.05, 0.1) is 12.1 Å². The van der Waals surface area contributed by atoms with E-state index in [1.54, 1.807) is 12.1 Å². The molecule has 0 radical (unpaired) electrons. The minimum Gasteiger partial charge on any atom is -0.353 e. The lowest BCUT2D eigenvalue weighted by molar-refractivity contribution is -0.126. The predicted octanol–water partition coefficient (Wildman–Crippen LogP) is 4.01. The van der Waals surface area contributed by atoms with Crippen LogP contribution in [-0.4, -0.2) is 30.3 Å². The molecule has 158 valence electrons. The molecule has 0 heterocycles. The molecule has 9 heteroatoms. The van der Waals surface area contributed by atoms with Gasteiger partial charge >= 0.3 is 6.18 Å². The maximum absolute atomic E-state index is 13.1. The summed E-state index contributed by atoms with van der Waals surface area (Å²) in [7, 11) is 0. The minimum atomic E-state index is -4.24. The van der Waals surface area contributed by atoms with Crippen molar-refractivity contribution >= 4 is 23.2 Å². The van der Waals surface area contributed by atoms with Gasteiger partial charge in [0, 0.05) is 5.92 Å². The van der Waals surface area contributed by atoms with Gasteiger partial charge in [-0.05, 0) is 69.6 Å². The minimum absolute atomic E-state index is 0.146. The number of thiocarbonyl (C=S) groups is 1. The molecule has 0 aliphatic heterocycles. The predicted molar refractivity (Wildman–Crippen MR) is 105 cm³/mol. The first-order valence-corrected chi connectivity index (χ1v) is 9.52. The van der Waals surface area contributed by atoms with Crippen LogP contribution < -0.4 is 16.0 Å². The normalized spacial score (nSPS) is 13.1. The van der Waals surface area contributed by atoms with Gasteiger partial charge in [-0.25, -0.2) is 4.39 Å². The second kappa shape index (κ2) is 10.7. The second-order valence-corrected chi connectivity index (χ2v) is 7.52. The summed E-state index contributed by atoms with van der Waals surface area (Å²) in [4.78, 5) is 12.4. The summed E-state index contributed by atoms with van der Waals surface area (Å²) in [5.74, 6) is -0.960. The fourth-order valence-electron chi connectivity index (χ4n) is 2.69. The molecular weight excluding hydrogens is 394 g/mol. The molecular formula is C19H27F4N3OS. The number of carbonyl (C=O) groups is 1. The Hall–Kier alpha value is -1.74. The van der Waals surface area contributed by atoms with E-state index >= 15 is 0 Å². The zero-order valence-corrected chi connectivity index (χ0v) is 17.1. The number of halogens is 4. The molecule has 1 aromatic rings. The Balaban J connectivity index is 2.48. The smallest absolute Gasteiger partial charge is 0.353 e. The highest BCUT2D eigenvalue weighted by molar-refractivity contribution is 7.80. The van der Waals surface area contributed by atoms with Crippen LogP contribution in [-0.2, 0) is 10.3 Å². The summed E-state index contributed by atoms with van der Waals surface area (Å²) < 4.78 is 49.4.